The smallest absolute Gasteiger partial charge is 0.348 e. The number of thioether (sulfide) groups is 1. The molecule has 0 aliphatic carbocycles. The molecule has 0 aliphatic heterocycles. The molecule has 2 heterocycles. The molecule has 0 saturated heterocycles. The number of esters is 2. The summed E-state index contributed by atoms with van der Waals surface area (Å²) in [5, 5.41) is 12.6. The highest BCUT2D eigenvalue weighted by Gasteiger charge is 2.27. The number of hydrogen-bond acceptors (Lipinski definition) is 10. The summed E-state index contributed by atoms with van der Waals surface area (Å²) in [6.07, 6.45) is -0.399. The topological polar surface area (TPSA) is 122 Å². The van der Waals surface area contributed by atoms with Crippen LogP contribution in [0, 0.1) is 13.8 Å². The number of carbonyl (C=O) groups is 3. The second-order valence-corrected chi connectivity index (χ2v) is 10.2. The lowest BCUT2D eigenvalue weighted by atomic mass is 10.1. The number of anilines is 1. The molecule has 10 nitrogen and oxygen atoms in total. The number of nitrogens with zero attached hydrogens (tertiary/aromatic N) is 3. The minimum Gasteiger partial charge on any atom is -0.482 e. The van der Waals surface area contributed by atoms with Crippen molar-refractivity contribution in [2.75, 3.05) is 25.3 Å². The van der Waals surface area contributed by atoms with E-state index in [0.29, 0.717) is 33.9 Å². The molecule has 3 aromatic rings. The van der Waals surface area contributed by atoms with Gasteiger partial charge in [0.2, 0.25) is 5.91 Å². The lowest BCUT2D eigenvalue weighted by Gasteiger charge is -2.17. The first-order valence-corrected chi connectivity index (χ1v) is 13.4. The first-order valence-electron chi connectivity index (χ1n) is 11.2. The van der Waals surface area contributed by atoms with Crippen molar-refractivity contribution in [2.45, 2.75) is 45.5 Å². The fourth-order valence-corrected chi connectivity index (χ4v) is 5.69. The molecular formula is C24H27ClN4O6S2. The maximum absolute atomic E-state index is 12.8. The molecule has 1 amide bonds. The van der Waals surface area contributed by atoms with Crippen LogP contribution in [0.3, 0.4) is 0 Å². The maximum Gasteiger partial charge on any atom is 0.348 e. The Bertz CT molecular complexity index is 1320. The van der Waals surface area contributed by atoms with Gasteiger partial charge in [0.05, 0.1) is 25.5 Å². The quantitative estimate of drug-likeness (QED) is 0.264. The predicted octanol–water partition coefficient (Wildman–Crippen LogP) is 5.07. The third-order valence-corrected chi connectivity index (χ3v) is 7.75. The zero-order valence-corrected chi connectivity index (χ0v) is 23.6. The van der Waals surface area contributed by atoms with Crippen LogP contribution in [0.1, 0.15) is 56.9 Å². The Morgan fingerprint density at radius 1 is 1.16 bits per heavy atom. The van der Waals surface area contributed by atoms with Crippen molar-refractivity contribution in [3.8, 4) is 5.75 Å². The van der Waals surface area contributed by atoms with E-state index >= 15 is 0 Å². The van der Waals surface area contributed by atoms with E-state index in [2.05, 4.69) is 15.5 Å². The van der Waals surface area contributed by atoms with Crippen LogP contribution in [0.5, 0.6) is 5.75 Å². The number of carbonyl (C=O) groups excluding carboxylic acids is 3. The average molecular weight is 567 g/mol. The molecule has 2 aromatic heterocycles. The van der Waals surface area contributed by atoms with Crippen LogP contribution in [0.15, 0.2) is 23.4 Å². The second-order valence-electron chi connectivity index (χ2n) is 7.84. The van der Waals surface area contributed by atoms with Crippen molar-refractivity contribution >= 4 is 57.5 Å². The second kappa shape index (κ2) is 12.4. The highest BCUT2D eigenvalue weighted by molar-refractivity contribution is 7.99. The molecule has 0 radical (unpaired) electrons. The molecule has 3 rings (SSSR count). The normalized spacial score (nSPS) is 11.6. The minimum absolute atomic E-state index is 0.00518. The van der Waals surface area contributed by atoms with Gasteiger partial charge in [-0.05, 0) is 57.0 Å². The number of aromatic nitrogens is 3. The number of aryl methyl sites for hydroxylation is 1. The van der Waals surface area contributed by atoms with Crippen LogP contribution >= 0.6 is 34.7 Å². The van der Waals surface area contributed by atoms with Crippen LogP contribution in [-0.2, 0) is 20.8 Å². The third kappa shape index (κ3) is 6.43. The van der Waals surface area contributed by atoms with Crippen molar-refractivity contribution in [1.29, 1.82) is 0 Å². The van der Waals surface area contributed by atoms with E-state index in [1.807, 2.05) is 31.4 Å². The van der Waals surface area contributed by atoms with Gasteiger partial charge < -0.3 is 24.1 Å². The molecule has 0 fully saturated rings. The number of nitrogens with one attached hydrogen (secondary N) is 1. The van der Waals surface area contributed by atoms with Crippen LogP contribution < -0.4 is 10.1 Å². The third-order valence-electron chi connectivity index (χ3n) is 5.36. The van der Waals surface area contributed by atoms with Crippen LogP contribution in [-0.4, -0.2) is 52.6 Å². The number of ether oxygens (including phenoxy) is 3. The zero-order chi connectivity index (χ0) is 27.3. The number of rotatable bonds is 10. The first kappa shape index (κ1) is 28.5. The summed E-state index contributed by atoms with van der Waals surface area (Å²) in [6.45, 7) is 7.89. The Kier molecular flexibility index (Phi) is 9.57. The molecule has 1 unspecified atom stereocenters. The van der Waals surface area contributed by atoms with E-state index in [1.54, 1.807) is 19.1 Å². The number of thiophene rings is 1. The number of methoxy groups -OCH3 is 2. The van der Waals surface area contributed by atoms with Crippen LogP contribution in [0.2, 0.25) is 5.02 Å². The van der Waals surface area contributed by atoms with Crippen LogP contribution in [0.4, 0.5) is 5.00 Å². The maximum atomic E-state index is 12.8. The Hall–Kier alpha value is -3.09. The van der Waals surface area contributed by atoms with Gasteiger partial charge in [0.1, 0.15) is 15.6 Å². The summed E-state index contributed by atoms with van der Waals surface area (Å²) in [6, 6.07) is 5.39. The molecule has 1 atom stereocenters. The summed E-state index contributed by atoms with van der Waals surface area (Å²) >= 11 is 8.18. The van der Waals surface area contributed by atoms with Crippen molar-refractivity contribution in [3.05, 3.63) is 50.6 Å². The van der Waals surface area contributed by atoms with Gasteiger partial charge in [0.15, 0.2) is 17.1 Å². The molecule has 0 bridgehead atoms. The lowest BCUT2D eigenvalue weighted by Crippen LogP contribution is -2.17. The molecule has 0 aliphatic rings. The fourth-order valence-electron chi connectivity index (χ4n) is 3.52. The molecule has 0 spiro atoms. The van der Waals surface area contributed by atoms with Gasteiger partial charge in [-0.3, -0.25) is 4.79 Å². The highest BCUT2D eigenvalue weighted by Crippen LogP contribution is 2.34. The standard InChI is InChI=1S/C24H27ClN4O6S2/c1-7-29-20(14(4)35-16-9-8-15(25)10-12(16)2)27-28-24(29)36-11-17(30)26-21-18(22(31)33-5)13(3)19(37-21)23(32)34-6/h8-10,14H,7,11H2,1-6H3,(H,26,30). The Morgan fingerprint density at radius 3 is 2.49 bits per heavy atom. The highest BCUT2D eigenvalue weighted by atomic mass is 35.5. The summed E-state index contributed by atoms with van der Waals surface area (Å²) < 4.78 is 17.6. The minimum atomic E-state index is -0.660. The first-order chi connectivity index (χ1) is 17.6. The van der Waals surface area contributed by atoms with E-state index in [9.17, 15) is 14.4 Å². The Labute approximate surface area is 227 Å². The van der Waals surface area contributed by atoms with Gasteiger partial charge >= 0.3 is 11.9 Å². The molecule has 198 valence electrons. The predicted molar refractivity (Wildman–Crippen MR) is 142 cm³/mol. The fraction of sp³-hybridized carbons (Fsp3) is 0.375. The SMILES string of the molecule is CCn1c(SCC(=O)Nc2sc(C(=O)OC)c(C)c2C(=O)OC)nnc1C(C)Oc1ccc(Cl)cc1C. The summed E-state index contributed by atoms with van der Waals surface area (Å²) in [5.41, 5.74) is 1.40. The Morgan fingerprint density at radius 2 is 1.86 bits per heavy atom. The van der Waals surface area contributed by atoms with Crippen molar-refractivity contribution < 1.29 is 28.6 Å². The monoisotopic (exact) mass is 566 g/mol. The number of hydrogen-bond donors (Lipinski definition) is 1. The lowest BCUT2D eigenvalue weighted by molar-refractivity contribution is -0.113. The van der Waals surface area contributed by atoms with Gasteiger partial charge in [0.25, 0.3) is 0 Å². The van der Waals surface area contributed by atoms with E-state index < -0.39 is 18.0 Å². The number of benzene rings is 1. The molecule has 13 heteroatoms. The Balaban J connectivity index is 1.73. The zero-order valence-electron chi connectivity index (χ0n) is 21.2. The average Bonchev–Trinajstić information content (AvgIpc) is 3.43. The molecule has 1 aromatic carbocycles. The van der Waals surface area contributed by atoms with Crippen molar-refractivity contribution in [2.24, 2.45) is 0 Å². The largest absolute Gasteiger partial charge is 0.482 e. The molecule has 0 saturated carbocycles. The van der Waals surface area contributed by atoms with Gasteiger partial charge in [-0.1, -0.05) is 23.4 Å². The summed E-state index contributed by atoms with van der Waals surface area (Å²) in [4.78, 5) is 37.3. The van der Waals surface area contributed by atoms with Crippen LogP contribution in [0.25, 0.3) is 0 Å². The van der Waals surface area contributed by atoms with Gasteiger partial charge in [0, 0.05) is 11.6 Å². The van der Waals surface area contributed by atoms with Crippen molar-refractivity contribution in [1.82, 2.24) is 14.8 Å². The van der Waals surface area contributed by atoms with Gasteiger partial charge in [-0.25, -0.2) is 9.59 Å². The van der Waals surface area contributed by atoms with E-state index in [-0.39, 0.29) is 27.1 Å². The molecule has 37 heavy (non-hydrogen) atoms. The molecular weight excluding hydrogens is 540 g/mol. The number of halogens is 1. The van der Waals surface area contributed by atoms with Gasteiger partial charge in [-0.15, -0.1) is 21.5 Å². The summed E-state index contributed by atoms with van der Waals surface area (Å²) in [7, 11) is 2.47. The number of amides is 1. The van der Waals surface area contributed by atoms with Gasteiger partial charge in [-0.2, -0.15) is 0 Å². The van der Waals surface area contributed by atoms with Crippen molar-refractivity contribution in [3.63, 3.8) is 0 Å². The van der Waals surface area contributed by atoms with E-state index in [1.165, 1.54) is 26.0 Å². The summed E-state index contributed by atoms with van der Waals surface area (Å²) in [5.74, 6) is -0.349. The molecule has 1 N–H and O–H groups in total. The van der Waals surface area contributed by atoms with E-state index in [0.717, 1.165) is 16.9 Å². The van der Waals surface area contributed by atoms with E-state index in [4.69, 9.17) is 25.8 Å².